The van der Waals surface area contributed by atoms with E-state index in [1.807, 2.05) is 58.8 Å². The molecule has 0 aliphatic carbocycles. The highest BCUT2D eigenvalue weighted by molar-refractivity contribution is 5.94. The second kappa shape index (κ2) is 8.55. The fraction of sp³-hybridized carbons (Fsp3) is 0.545. The molecule has 4 rings (SSSR count). The molecular weight excluding hydrogens is 380 g/mol. The minimum Gasteiger partial charge on any atom is -0.348 e. The summed E-state index contributed by atoms with van der Waals surface area (Å²) < 4.78 is 1.97. The topological polar surface area (TPSA) is 83.4 Å². The van der Waals surface area contributed by atoms with E-state index in [1.54, 1.807) is 0 Å². The van der Waals surface area contributed by atoms with E-state index in [1.165, 1.54) is 0 Å². The molecule has 8 nitrogen and oxygen atoms in total. The molecule has 1 N–H and O–H groups in total. The summed E-state index contributed by atoms with van der Waals surface area (Å²) in [6.07, 6.45) is 3.67. The number of carbonyl (C=O) groups excluding carboxylic acids is 2. The van der Waals surface area contributed by atoms with Crippen LogP contribution in [0.25, 0.3) is 0 Å². The molecule has 30 heavy (non-hydrogen) atoms. The van der Waals surface area contributed by atoms with Crippen LogP contribution in [0.3, 0.4) is 0 Å². The Morgan fingerprint density at radius 1 is 1.10 bits per heavy atom. The molecule has 1 saturated heterocycles. The van der Waals surface area contributed by atoms with Gasteiger partial charge in [-0.2, -0.15) is 0 Å². The summed E-state index contributed by atoms with van der Waals surface area (Å²) in [4.78, 5) is 29.4. The van der Waals surface area contributed by atoms with Gasteiger partial charge in [-0.05, 0) is 50.9 Å². The van der Waals surface area contributed by atoms with E-state index < -0.39 is 0 Å². The number of aryl methyl sites for hydroxylation is 1. The summed E-state index contributed by atoms with van der Waals surface area (Å²) in [5.74, 6) is 1.21. The zero-order chi connectivity index (χ0) is 21.1. The van der Waals surface area contributed by atoms with Gasteiger partial charge in [-0.3, -0.25) is 9.59 Å². The Hall–Kier alpha value is -2.74. The van der Waals surface area contributed by atoms with Crippen molar-refractivity contribution in [2.24, 2.45) is 5.41 Å². The largest absolute Gasteiger partial charge is 0.348 e. The molecular formula is C22H30N6O2. The molecule has 1 atom stereocenters. The number of likely N-dealkylation sites (N-methyl/N-ethyl adjacent to an activating group) is 1. The molecule has 3 heterocycles. The number of benzene rings is 1. The Bertz CT molecular complexity index is 910. The Kier molecular flexibility index (Phi) is 5.85. The van der Waals surface area contributed by atoms with Crippen LogP contribution in [0.2, 0.25) is 0 Å². The summed E-state index contributed by atoms with van der Waals surface area (Å²) in [6.45, 7) is 3.62. The maximum absolute atomic E-state index is 12.9. The zero-order valence-electron chi connectivity index (χ0n) is 17.8. The van der Waals surface area contributed by atoms with Crippen molar-refractivity contribution < 1.29 is 9.59 Å². The number of hydrogen-bond donors (Lipinski definition) is 1. The summed E-state index contributed by atoms with van der Waals surface area (Å²) in [5.41, 5.74) is 0.834. The number of nitrogens with zero attached hydrogens (tertiary/aromatic N) is 5. The molecule has 0 bridgehead atoms. The quantitative estimate of drug-likeness (QED) is 0.806. The third kappa shape index (κ3) is 4.23. The van der Waals surface area contributed by atoms with E-state index in [2.05, 4.69) is 15.5 Å². The number of rotatable bonds is 5. The maximum atomic E-state index is 12.9. The SMILES string of the molecule is CN(C)CCNC(=O)c1nnc2n1CC[C@@]1(CC2)CCN(C(=O)c2ccccc2)C1. The molecule has 1 fully saturated rings. The fourth-order valence-electron chi connectivity index (χ4n) is 4.53. The molecule has 0 unspecified atom stereocenters. The normalized spacial score (nSPS) is 21.0. The summed E-state index contributed by atoms with van der Waals surface area (Å²) in [6, 6.07) is 9.49. The van der Waals surface area contributed by atoms with E-state index in [4.69, 9.17) is 0 Å². The highest BCUT2D eigenvalue weighted by Crippen LogP contribution is 2.41. The Morgan fingerprint density at radius 3 is 2.63 bits per heavy atom. The van der Waals surface area contributed by atoms with Gasteiger partial charge in [0.2, 0.25) is 5.82 Å². The van der Waals surface area contributed by atoms with E-state index >= 15 is 0 Å². The molecule has 1 spiro atoms. The lowest BCUT2D eigenvalue weighted by Gasteiger charge is -2.27. The second-order valence-electron chi connectivity index (χ2n) is 8.74. The van der Waals surface area contributed by atoms with Gasteiger partial charge in [-0.1, -0.05) is 18.2 Å². The highest BCUT2D eigenvalue weighted by Gasteiger charge is 2.41. The number of hydrogen-bond acceptors (Lipinski definition) is 5. The smallest absolute Gasteiger partial charge is 0.289 e. The third-order valence-electron chi connectivity index (χ3n) is 6.37. The van der Waals surface area contributed by atoms with Crippen LogP contribution in [0.4, 0.5) is 0 Å². The van der Waals surface area contributed by atoms with Gasteiger partial charge in [0.25, 0.3) is 11.8 Å². The molecule has 0 radical (unpaired) electrons. The molecule has 1 aromatic heterocycles. The van der Waals surface area contributed by atoms with Crippen molar-refractivity contribution in [3.8, 4) is 0 Å². The average molecular weight is 411 g/mol. The van der Waals surface area contributed by atoms with Crippen molar-refractivity contribution in [3.63, 3.8) is 0 Å². The van der Waals surface area contributed by atoms with Gasteiger partial charge < -0.3 is 19.7 Å². The number of aromatic nitrogens is 3. The van der Waals surface area contributed by atoms with Crippen molar-refractivity contribution in [1.82, 2.24) is 29.9 Å². The van der Waals surface area contributed by atoms with Gasteiger partial charge >= 0.3 is 0 Å². The van der Waals surface area contributed by atoms with E-state index in [-0.39, 0.29) is 17.2 Å². The van der Waals surface area contributed by atoms with Gasteiger partial charge in [0.05, 0.1) is 0 Å². The average Bonchev–Trinajstić information content (AvgIpc) is 3.30. The van der Waals surface area contributed by atoms with Gasteiger partial charge in [0, 0.05) is 44.7 Å². The van der Waals surface area contributed by atoms with Gasteiger partial charge in [0.15, 0.2) is 0 Å². The maximum Gasteiger partial charge on any atom is 0.289 e. The number of nitrogens with one attached hydrogen (secondary N) is 1. The van der Waals surface area contributed by atoms with Crippen molar-refractivity contribution in [2.75, 3.05) is 40.3 Å². The summed E-state index contributed by atoms with van der Waals surface area (Å²) in [7, 11) is 3.95. The molecule has 0 saturated carbocycles. The van der Waals surface area contributed by atoms with Crippen LogP contribution in [0.1, 0.15) is 46.1 Å². The Labute approximate surface area is 177 Å². The van der Waals surface area contributed by atoms with Gasteiger partial charge in [0.1, 0.15) is 5.82 Å². The van der Waals surface area contributed by atoms with Crippen LogP contribution in [-0.4, -0.2) is 76.7 Å². The first kappa shape index (κ1) is 20.5. The minimum absolute atomic E-state index is 0.0871. The van der Waals surface area contributed by atoms with E-state index in [0.717, 1.165) is 56.7 Å². The number of likely N-dealkylation sites (tertiary alicyclic amines) is 1. The van der Waals surface area contributed by atoms with Crippen LogP contribution in [0.15, 0.2) is 30.3 Å². The molecule has 2 amide bonds. The standard InChI is InChI=1S/C22H30N6O2/c1-26(2)15-12-23-20(29)19-25-24-18-8-9-22(11-14-28(18)19)10-13-27(16-22)21(30)17-6-4-3-5-7-17/h3-7H,8-16H2,1-2H3,(H,23,29)/t22-/m1/s1. The molecule has 2 aromatic rings. The Morgan fingerprint density at radius 2 is 1.87 bits per heavy atom. The van der Waals surface area contributed by atoms with Crippen LogP contribution in [-0.2, 0) is 13.0 Å². The zero-order valence-corrected chi connectivity index (χ0v) is 17.8. The van der Waals surface area contributed by atoms with Crippen molar-refractivity contribution in [1.29, 1.82) is 0 Å². The highest BCUT2D eigenvalue weighted by atomic mass is 16.2. The van der Waals surface area contributed by atoms with Gasteiger partial charge in [-0.15, -0.1) is 10.2 Å². The third-order valence-corrected chi connectivity index (χ3v) is 6.37. The lowest BCUT2D eigenvalue weighted by Crippen LogP contribution is -2.34. The number of fused-ring (bicyclic) bond motifs is 1. The van der Waals surface area contributed by atoms with Crippen molar-refractivity contribution >= 4 is 11.8 Å². The fourth-order valence-corrected chi connectivity index (χ4v) is 4.53. The monoisotopic (exact) mass is 410 g/mol. The predicted octanol–water partition coefficient (Wildman–Crippen LogP) is 1.44. The lowest BCUT2D eigenvalue weighted by atomic mass is 9.80. The number of amides is 2. The van der Waals surface area contributed by atoms with Crippen LogP contribution < -0.4 is 5.32 Å². The summed E-state index contributed by atoms with van der Waals surface area (Å²) in [5, 5.41) is 11.4. The van der Waals surface area contributed by atoms with E-state index in [9.17, 15) is 9.59 Å². The van der Waals surface area contributed by atoms with E-state index in [0.29, 0.717) is 18.9 Å². The van der Waals surface area contributed by atoms with Gasteiger partial charge in [-0.25, -0.2) is 0 Å². The van der Waals surface area contributed by atoms with Crippen LogP contribution >= 0.6 is 0 Å². The molecule has 8 heteroatoms. The first-order chi connectivity index (χ1) is 14.5. The second-order valence-corrected chi connectivity index (χ2v) is 8.74. The molecule has 2 aliphatic heterocycles. The van der Waals surface area contributed by atoms with Crippen LogP contribution in [0, 0.1) is 5.41 Å². The minimum atomic E-state index is -0.168. The van der Waals surface area contributed by atoms with Crippen molar-refractivity contribution in [2.45, 2.75) is 32.2 Å². The predicted molar refractivity (Wildman–Crippen MR) is 113 cm³/mol. The first-order valence-corrected chi connectivity index (χ1v) is 10.7. The molecule has 2 aliphatic rings. The first-order valence-electron chi connectivity index (χ1n) is 10.7. The number of carbonyl (C=O) groups is 2. The molecule has 1 aromatic carbocycles. The summed E-state index contributed by atoms with van der Waals surface area (Å²) >= 11 is 0. The Balaban J connectivity index is 1.41. The van der Waals surface area contributed by atoms with Crippen LogP contribution in [0.5, 0.6) is 0 Å². The van der Waals surface area contributed by atoms with Crippen molar-refractivity contribution in [3.05, 3.63) is 47.5 Å². The lowest BCUT2D eigenvalue weighted by molar-refractivity contribution is 0.0767. The molecule has 160 valence electrons.